The average Bonchev–Trinajstić information content (AvgIpc) is 2.66. The number of anilines is 1. The number of rotatable bonds is 7. The molecule has 0 aliphatic heterocycles. The van der Waals surface area contributed by atoms with Crippen LogP contribution < -0.4 is 10.6 Å². The molecule has 0 fully saturated rings. The molecule has 2 aromatic rings. The first-order valence-corrected chi connectivity index (χ1v) is 8.60. The van der Waals surface area contributed by atoms with E-state index in [0.717, 1.165) is 12.1 Å². The molecule has 148 valence electrons. The van der Waals surface area contributed by atoms with Gasteiger partial charge in [0.05, 0.1) is 23.3 Å². The fourth-order valence-corrected chi connectivity index (χ4v) is 2.51. The van der Waals surface area contributed by atoms with E-state index < -0.39 is 23.5 Å². The lowest BCUT2D eigenvalue weighted by molar-refractivity contribution is -0.116. The Morgan fingerprint density at radius 1 is 1.07 bits per heavy atom. The van der Waals surface area contributed by atoms with Gasteiger partial charge in [0.2, 0.25) is 5.91 Å². The van der Waals surface area contributed by atoms with Crippen molar-refractivity contribution in [1.29, 1.82) is 0 Å². The number of amides is 2. The number of hydrogen-bond acceptors (Lipinski definition) is 4. The average molecular weight is 411 g/mol. The molecule has 2 N–H and O–H groups in total. The minimum absolute atomic E-state index is 0.0718. The topological polar surface area (TPSA) is 84.5 Å². The first-order chi connectivity index (χ1) is 13.3. The van der Waals surface area contributed by atoms with Crippen LogP contribution in [0.5, 0.6) is 0 Å². The summed E-state index contributed by atoms with van der Waals surface area (Å²) in [7, 11) is 1.22. The van der Waals surface area contributed by atoms with Gasteiger partial charge < -0.3 is 15.4 Å². The molecule has 0 saturated heterocycles. The number of methoxy groups -OCH3 is 1. The van der Waals surface area contributed by atoms with Gasteiger partial charge in [0.15, 0.2) is 0 Å². The molecule has 0 unspecified atom stereocenters. The minimum Gasteiger partial charge on any atom is -0.465 e. The van der Waals surface area contributed by atoms with E-state index in [0.29, 0.717) is 11.8 Å². The second-order valence-electron chi connectivity index (χ2n) is 5.72. The molecule has 2 rings (SSSR count). The van der Waals surface area contributed by atoms with E-state index in [1.807, 2.05) is 0 Å². The molecular weight excluding hydrogens is 394 g/mol. The van der Waals surface area contributed by atoms with Crippen molar-refractivity contribution in [3.63, 3.8) is 0 Å². The van der Waals surface area contributed by atoms with Crippen molar-refractivity contribution in [2.75, 3.05) is 19.0 Å². The van der Waals surface area contributed by atoms with Gasteiger partial charge in [0.1, 0.15) is 11.6 Å². The predicted octanol–water partition coefficient (Wildman–Crippen LogP) is 3.55. The van der Waals surface area contributed by atoms with Crippen molar-refractivity contribution < 1.29 is 27.9 Å². The van der Waals surface area contributed by atoms with Crippen LogP contribution in [0, 0.1) is 11.6 Å². The van der Waals surface area contributed by atoms with Crippen LogP contribution in [0.3, 0.4) is 0 Å². The van der Waals surface area contributed by atoms with E-state index in [4.69, 9.17) is 11.6 Å². The molecule has 0 atom stereocenters. The van der Waals surface area contributed by atoms with Gasteiger partial charge in [0.25, 0.3) is 5.91 Å². The molecule has 0 spiro atoms. The van der Waals surface area contributed by atoms with Gasteiger partial charge in [-0.15, -0.1) is 0 Å². The molecule has 2 amide bonds. The highest BCUT2D eigenvalue weighted by Crippen LogP contribution is 2.21. The van der Waals surface area contributed by atoms with Crippen molar-refractivity contribution in [3.8, 4) is 0 Å². The maximum Gasteiger partial charge on any atom is 0.339 e. The monoisotopic (exact) mass is 410 g/mol. The minimum atomic E-state index is -0.959. The van der Waals surface area contributed by atoms with Crippen molar-refractivity contribution in [2.45, 2.75) is 12.8 Å². The summed E-state index contributed by atoms with van der Waals surface area (Å²) in [6, 6.07) is 7.04. The molecule has 0 saturated carbocycles. The molecule has 0 aliphatic rings. The number of carbonyl (C=O) groups is 3. The molecule has 0 aromatic heterocycles. The maximum absolute atomic E-state index is 13.5. The zero-order valence-corrected chi connectivity index (χ0v) is 15.6. The van der Waals surface area contributed by atoms with Gasteiger partial charge in [-0.3, -0.25) is 9.59 Å². The van der Waals surface area contributed by atoms with Crippen LogP contribution >= 0.6 is 11.6 Å². The number of ether oxygens (including phenoxy) is 1. The summed E-state index contributed by atoms with van der Waals surface area (Å²) in [5.74, 6) is -3.40. The van der Waals surface area contributed by atoms with Crippen molar-refractivity contribution in [1.82, 2.24) is 5.32 Å². The first kappa shape index (κ1) is 21.3. The van der Waals surface area contributed by atoms with Crippen molar-refractivity contribution in [3.05, 3.63) is 64.2 Å². The van der Waals surface area contributed by atoms with Gasteiger partial charge in [0, 0.05) is 24.7 Å². The highest BCUT2D eigenvalue weighted by Gasteiger charge is 2.14. The number of carbonyl (C=O) groups excluding carboxylic acids is 3. The SMILES string of the molecule is COC(=O)c1cc(NC(=O)CCCNC(=O)c2ccc(F)cc2F)ccc1Cl. The van der Waals surface area contributed by atoms with Gasteiger partial charge in [-0.1, -0.05) is 11.6 Å². The normalized spacial score (nSPS) is 10.3. The Kier molecular flexibility index (Phi) is 7.45. The van der Waals surface area contributed by atoms with E-state index in [1.54, 1.807) is 0 Å². The van der Waals surface area contributed by atoms with Crippen LogP contribution in [0.4, 0.5) is 14.5 Å². The molecule has 28 heavy (non-hydrogen) atoms. The third-order valence-corrected chi connectivity index (χ3v) is 4.03. The lowest BCUT2D eigenvalue weighted by Gasteiger charge is -2.09. The van der Waals surface area contributed by atoms with E-state index in [1.165, 1.54) is 25.3 Å². The smallest absolute Gasteiger partial charge is 0.339 e. The first-order valence-electron chi connectivity index (χ1n) is 8.22. The molecule has 0 bridgehead atoms. The van der Waals surface area contributed by atoms with E-state index >= 15 is 0 Å². The van der Waals surface area contributed by atoms with Crippen molar-refractivity contribution in [2.24, 2.45) is 0 Å². The Hall–Kier alpha value is -3.00. The van der Waals surface area contributed by atoms with Crippen LogP contribution in [-0.4, -0.2) is 31.4 Å². The molecule has 6 nitrogen and oxygen atoms in total. The standard InChI is InChI=1S/C19H17ClF2N2O4/c1-28-19(27)14-10-12(5-7-15(14)20)24-17(25)3-2-8-23-18(26)13-6-4-11(21)9-16(13)22/h4-7,9-10H,2-3,8H2,1H3,(H,23,26)(H,24,25). The summed E-state index contributed by atoms with van der Waals surface area (Å²) in [5.41, 5.74) is 0.213. The van der Waals surface area contributed by atoms with E-state index in [9.17, 15) is 23.2 Å². The Morgan fingerprint density at radius 3 is 2.50 bits per heavy atom. The third kappa shape index (κ3) is 5.75. The summed E-state index contributed by atoms with van der Waals surface area (Å²) in [4.78, 5) is 35.4. The van der Waals surface area contributed by atoms with Crippen LogP contribution in [-0.2, 0) is 9.53 Å². The zero-order chi connectivity index (χ0) is 20.7. The predicted molar refractivity (Wildman–Crippen MR) is 99.3 cm³/mol. The number of hydrogen-bond donors (Lipinski definition) is 2. The second kappa shape index (κ2) is 9.80. The Labute approximate surface area is 164 Å². The number of esters is 1. The fraction of sp³-hybridized carbons (Fsp3) is 0.211. The molecule has 9 heteroatoms. The maximum atomic E-state index is 13.5. The largest absolute Gasteiger partial charge is 0.465 e. The van der Waals surface area contributed by atoms with Crippen LogP contribution in [0.1, 0.15) is 33.6 Å². The van der Waals surface area contributed by atoms with Crippen LogP contribution in [0.15, 0.2) is 36.4 Å². The van der Waals surface area contributed by atoms with E-state index in [-0.39, 0.29) is 41.4 Å². The number of halogens is 3. The van der Waals surface area contributed by atoms with Gasteiger partial charge in [-0.25, -0.2) is 13.6 Å². The second-order valence-corrected chi connectivity index (χ2v) is 6.13. The summed E-state index contributed by atoms with van der Waals surface area (Å²) in [6.45, 7) is 0.122. The highest BCUT2D eigenvalue weighted by molar-refractivity contribution is 6.33. The summed E-state index contributed by atoms with van der Waals surface area (Å²) in [6.07, 6.45) is 0.361. The van der Waals surface area contributed by atoms with Crippen molar-refractivity contribution >= 4 is 35.1 Å². The zero-order valence-electron chi connectivity index (χ0n) is 14.9. The quantitative estimate of drug-likeness (QED) is 0.540. The lowest BCUT2D eigenvalue weighted by atomic mass is 10.2. The lowest BCUT2D eigenvalue weighted by Crippen LogP contribution is -2.26. The van der Waals surface area contributed by atoms with Gasteiger partial charge in [-0.05, 0) is 36.8 Å². The van der Waals surface area contributed by atoms with Gasteiger partial charge in [-0.2, -0.15) is 0 Å². The molecule has 2 aromatic carbocycles. The number of benzene rings is 2. The summed E-state index contributed by atoms with van der Waals surface area (Å²) < 4.78 is 31.0. The van der Waals surface area contributed by atoms with Crippen LogP contribution in [0.25, 0.3) is 0 Å². The van der Waals surface area contributed by atoms with Crippen LogP contribution in [0.2, 0.25) is 5.02 Å². The summed E-state index contributed by atoms with van der Waals surface area (Å²) in [5, 5.41) is 5.26. The highest BCUT2D eigenvalue weighted by atomic mass is 35.5. The molecular formula is C19H17ClF2N2O4. The number of nitrogens with one attached hydrogen (secondary N) is 2. The summed E-state index contributed by atoms with van der Waals surface area (Å²) >= 11 is 5.91. The Morgan fingerprint density at radius 2 is 1.82 bits per heavy atom. The Balaban J connectivity index is 1.81. The third-order valence-electron chi connectivity index (χ3n) is 3.70. The molecule has 0 aliphatic carbocycles. The molecule has 0 heterocycles. The fourth-order valence-electron chi connectivity index (χ4n) is 2.31. The Bertz CT molecular complexity index is 905. The van der Waals surface area contributed by atoms with E-state index in [2.05, 4.69) is 15.4 Å². The van der Waals surface area contributed by atoms with Gasteiger partial charge >= 0.3 is 5.97 Å². The molecule has 0 radical (unpaired) electrons.